The molecule has 1 saturated heterocycles. The van der Waals surface area contributed by atoms with Gasteiger partial charge in [0, 0.05) is 6.54 Å². The fourth-order valence-corrected chi connectivity index (χ4v) is 3.59. The number of carbonyl (C=O) groups excluding carboxylic acids is 1. The van der Waals surface area contributed by atoms with Crippen LogP contribution in [0.15, 0.2) is 0 Å². The molecule has 0 N–H and O–H groups in total. The Morgan fingerprint density at radius 1 is 1.33 bits per heavy atom. The molecule has 0 saturated carbocycles. The van der Waals surface area contributed by atoms with E-state index in [0.29, 0.717) is 17.3 Å². The summed E-state index contributed by atoms with van der Waals surface area (Å²) >= 11 is 1.34. The van der Waals surface area contributed by atoms with Crippen LogP contribution in [0.1, 0.15) is 33.9 Å². The van der Waals surface area contributed by atoms with Crippen molar-refractivity contribution >= 4 is 33.3 Å². The van der Waals surface area contributed by atoms with Crippen molar-refractivity contribution in [3.05, 3.63) is 16.3 Å². The number of hydrogen-bond acceptors (Lipinski definition) is 7. The molecular weight excluding hydrogens is 290 g/mol. The Labute approximate surface area is 126 Å². The second kappa shape index (κ2) is 5.57. The van der Waals surface area contributed by atoms with Crippen LogP contribution in [0.4, 0.5) is 5.82 Å². The summed E-state index contributed by atoms with van der Waals surface area (Å²) in [5, 5.41) is 2.70. The number of anilines is 1. The van der Waals surface area contributed by atoms with Gasteiger partial charge in [-0.25, -0.2) is 19.8 Å². The fourth-order valence-electron chi connectivity index (χ4n) is 2.45. The SMILES string of the molecule is COC(=O)c1sc2nc(C)nc(N3CCCCO3)c2c1C. The third-order valence-electron chi connectivity index (χ3n) is 3.49. The van der Waals surface area contributed by atoms with Crippen LogP contribution in [0.2, 0.25) is 0 Å². The minimum Gasteiger partial charge on any atom is -0.465 e. The monoisotopic (exact) mass is 307 g/mol. The number of hydroxylamine groups is 1. The van der Waals surface area contributed by atoms with Gasteiger partial charge in [0.2, 0.25) is 0 Å². The van der Waals surface area contributed by atoms with Gasteiger partial charge in [-0.05, 0) is 32.3 Å². The van der Waals surface area contributed by atoms with E-state index in [-0.39, 0.29) is 5.97 Å². The maximum atomic E-state index is 11.9. The van der Waals surface area contributed by atoms with E-state index in [2.05, 4.69) is 9.97 Å². The Kier molecular flexibility index (Phi) is 3.77. The van der Waals surface area contributed by atoms with Gasteiger partial charge in [0.05, 0.1) is 19.1 Å². The van der Waals surface area contributed by atoms with Gasteiger partial charge in [-0.15, -0.1) is 11.3 Å². The lowest BCUT2D eigenvalue weighted by Crippen LogP contribution is -2.31. The first-order valence-electron chi connectivity index (χ1n) is 6.88. The largest absolute Gasteiger partial charge is 0.465 e. The van der Waals surface area contributed by atoms with Crippen LogP contribution in [0, 0.1) is 13.8 Å². The maximum Gasteiger partial charge on any atom is 0.348 e. The van der Waals surface area contributed by atoms with Crippen molar-refractivity contribution in [1.29, 1.82) is 0 Å². The van der Waals surface area contributed by atoms with Gasteiger partial charge in [0.15, 0.2) is 5.82 Å². The second-order valence-electron chi connectivity index (χ2n) is 4.96. The molecule has 1 aliphatic rings. The number of ether oxygens (including phenoxy) is 1. The Morgan fingerprint density at radius 3 is 2.81 bits per heavy atom. The molecule has 0 unspecified atom stereocenters. The van der Waals surface area contributed by atoms with Crippen LogP contribution in [-0.2, 0) is 9.57 Å². The van der Waals surface area contributed by atoms with Gasteiger partial charge in [-0.3, -0.25) is 4.84 Å². The molecule has 2 aromatic heterocycles. The zero-order valence-electron chi connectivity index (χ0n) is 12.3. The van der Waals surface area contributed by atoms with E-state index in [0.717, 1.165) is 41.0 Å². The Hall–Kier alpha value is -1.73. The van der Waals surface area contributed by atoms with Crippen LogP contribution in [0.25, 0.3) is 10.2 Å². The lowest BCUT2D eigenvalue weighted by Gasteiger charge is -2.27. The highest BCUT2D eigenvalue weighted by Crippen LogP contribution is 2.36. The highest BCUT2D eigenvalue weighted by Gasteiger charge is 2.24. The number of methoxy groups -OCH3 is 1. The summed E-state index contributed by atoms with van der Waals surface area (Å²) in [6, 6.07) is 0. The van der Waals surface area contributed by atoms with Crippen LogP contribution < -0.4 is 5.06 Å². The third kappa shape index (κ3) is 2.47. The summed E-state index contributed by atoms with van der Waals surface area (Å²) in [5.41, 5.74) is 0.853. The van der Waals surface area contributed by atoms with Crippen LogP contribution in [0.3, 0.4) is 0 Å². The Balaban J connectivity index is 2.18. The van der Waals surface area contributed by atoms with Gasteiger partial charge in [-0.2, -0.15) is 0 Å². The van der Waals surface area contributed by atoms with Crippen molar-refractivity contribution < 1.29 is 14.4 Å². The first-order valence-corrected chi connectivity index (χ1v) is 7.70. The normalized spacial score (nSPS) is 15.5. The van der Waals surface area contributed by atoms with E-state index < -0.39 is 0 Å². The molecular formula is C14H17N3O3S. The highest BCUT2D eigenvalue weighted by atomic mass is 32.1. The summed E-state index contributed by atoms with van der Waals surface area (Å²) < 4.78 is 4.84. The second-order valence-corrected chi connectivity index (χ2v) is 5.96. The number of hydrogen-bond donors (Lipinski definition) is 0. The van der Waals surface area contributed by atoms with Crippen LogP contribution in [0.5, 0.6) is 0 Å². The standard InChI is InChI=1S/C14H17N3O3S/c1-8-10-12(17-6-4-5-7-20-17)15-9(2)16-13(10)21-11(8)14(18)19-3/h4-7H2,1-3H3. The van der Waals surface area contributed by atoms with Crippen molar-refractivity contribution in [2.75, 3.05) is 25.3 Å². The predicted molar refractivity (Wildman–Crippen MR) is 80.8 cm³/mol. The summed E-state index contributed by atoms with van der Waals surface area (Å²) in [7, 11) is 1.39. The van der Waals surface area contributed by atoms with Gasteiger partial charge in [0.1, 0.15) is 15.5 Å². The number of aryl methyl sites for hydroxylation is 2. The van der Waals surface area contributed by atoms with E-state index in [1.807, 2.05) is 18.9 Å². The van der Waals surface area contributed by atoms with Gasteiger partial charge in [-0.1, -0.05) is 0 Å². The molecule has 0 atom stereocenters. The van der Waals surface area contributed by atoms with E-state index >= 15 is 0 Å². The molecule has 6 nitrogen and oxygen atoms in total. The third-order valence-corrected chi connectivity index (χ3v) is 4.66. The quantitative estimate of drug-likeness (QED) is 0.795. The average molecular weight is 307 g/mol. The van der Waals surface area contributed by atoms with E-state index in [4.69, 9.17) is 9.57 Å². The van der Waals surface area contributed by atoms with Gasteiger partial charge >= 0.3 is 5.97 Å². The number of rotatable bonds is 2. The Bertz CT molecular complexity index is 692. The number of aromatic nitrogens is 2. The molecule has 0 bridgehead atoms. The number of fused-ring (bicyclic) bond motifs is 1. The fraction of sp³-hybridized carbons (Fsp3) is 0.500. The zero-order chi connectivity index (χ0) is 15.0. The van der Waals surface area contributed by atoms with Crippen molar-refractivity contribution in [2.45, 2.75) is 26.7 Å². The van der Waals surface area contributed by atoms with E-state index in [1.165, 1.54) is 18.4 Å². The van der Waals surface area contributed by atoms with Crippen LogP contribution in [-0.4, -0.2) is 36.2 Å². The molecule has 7 heteroatoms. The van der Waals surface area contributed by atoms with Crippen molar-refractivity contribution in [1.82, 2.24) is 9.97 Å². The lowest BCUT2D eigenvalue weighted by molar-refractivity contribution is 0.0605. The molecule has 112 valence electrons. The van der Waals surface area contributed by atoms with Crippen molar-refractivity contribution in [3.63, 3.8) is 0 Å². The van der Waals surface area contributed by atoms with Gasteiger partial charge < -0.3 is 4.74 Å². The topological polar surface area (TPSA) is 64.5 Å². The number of carbonyl (C=O) groups is 1. The molecule has 0 radical (unpaired) electrons. The summed E-state index contributed by atoms with van der Waals surface area (Å²) in [6.45, 7) is 5.24. The summed E-state index contributed by atoms with van der Waals surface area (Å²) in [5.74, 6) is 1.09. The smallest absolute Gasteiger partial charge is 0.348 e. The first-order chi connectivity index (χ1) is 10.1. The van der Waals surface area contributed by atoms with E-state index in [9.17, 15) is 4.79 Å². The molecule has 3 rings (SSSR count). The molecule has 3 heterocycles. The Morgan fingerprint density at radius 2 is 2.14 bits per heavy atom. The molecule has 1 fully saturated rings. The maximum absolute atomic E-state index is 11.9. The van der Waals surface area contributed by atoms with Crippen molar-refractivity contribution in [2.24, 2.45) is 0 Å². The average Bonchev–Trinajstić information content (AvgIpc) is 2.83. The van der Waals surface area contributed by atoms with Gasteiger partial charge in [0.25, 0.3) is 0 Å². The zero-order valence-corrected chi connectivity index (χ0v) is 13.1. The number of thiophene rings is 1. The molecule has 0 aromatic carbocycles. The number of esters is 1. The number of nitrogens with zero attached hydrogens (tertiary/aromatic N) is 3. The highest BCUT2D eigenvalue weighted by molar-refractivity contribution is 7.20. The first kappa shape index (κ1) is 14.2. The minimum atomic E-state index is -0.335. The molecule has 21 heavy (non-hydrogen) atoms. The predicted octanol–water partition coefficient (Wildman–Crippen LogP) is 2.63. The summed E-state index contributed by atoms with van der Waals surface area (Å²) in [4.78, 5) is 27.9. The molecule has 0 aliphatic carbocycles. The molecule has 2 aromatic rings. The van der Waals surface area contributed by atoms with E-state index in [1.54, 1.807) is 0 Å². The molecule has 0 amide bonds. The molecule has 1 aliphatic heterocycles. The summed E-state index contributed by atoms with van der Waals surface area (Å²) in [6.07, 6.45) is 2.12. The van der Waals surface area contributed by atoms with Crippen LogP contribution >= 0.6 is 11.3 Å². The molecule has 0 spiro atoms. The lowest BCUT2D eigenvalue weighted by atomic mass is 10.2. The minimum absolute atomic E-state index is 0.335. The van der Waals surface area contributed by atoms with Crippen molar-refractivity contribution in [3.8, 4) is 0 Å².